The van der Waals surface area contributed by atoms with E-state index in [9.17, 15) is 0 Å². The zero-order valence-electron chi connectivity index (χ0n) is 55.3. The molecule has 0 bridgehead atoms. The Kier molecular flexibility index (Phi) is 19.1. The maximum atomic E-state index is 7.17. The first-order chi connectivity index (χ1) is 48.4. The molecule has 0 heterocycles. The lowest BCUT2D eigenvalue weighted by molar-refractivity contribution is 0.482. The molecule has 1 N–H and O–H groups in total. The predicted molar refractivity (Wildman–Crippen MR) is 419 cm³/mol. The Balaban J connectivity index is 0.000000146. The van der Waals surface area contributed by atoms with Crippen molar-refractivity contribution in [3.8, 4) is 45.3 Å². The molecular formula is C90H71BrCl2N4O2. The second-order valence-corrected chi connectivity index (χ2v) is 27.0. The number of para-hydroxylation sites is 8. The number of ether oxygens (including phenoxy) is 2. The normalized spacial score (nSPS) is 12.4. The molecular weight excluding hydrogens is 1320 g/mol. The molecule has 0 unspecified atom stereocenters. The van der Waals surface area contributed by atoms with Crippen LogP contribution in [-0.2, 0) is 10.8 Å². The predicted octanol–water partition coefficient (Wildman–Crippen LogP) is 27.5. The van der Waals surface area contributed by atoms with Crippen LogP contribution in [0.5, 0.6) is 23.0 Å². The van der Waals surface area contributed by atoms with Gasteiger partial charge in [0.1, 0.15) is 28.0 Å². The van der Waals surface area contributed by atoms with E-state index in [1.807, 2.05) is 140 Å². The van der Waals surface area contributed by atoms with Crippen LogP contribution in [0.1, 0.15) is 49.9 Å². The molecule has 484 valence electrons. The van der Waals surface area contributed by atoms with Crippen LogP contribution in [0, 0.1) is 0 Å². The summed E-state index contributed by atoms with van der Waals surface area (Å²) in [7, 11) is 0. The van der Waals surface area contributed by atoms with Gasteiger partial charge in [0.15, 0.2) is 0 Å². The molecule has 0 spiro atoms. The van der Waals surface area contributed by atoms with Crippen molar-refractivity contribution in [2.75, 3.05) is 20.0 Å². The Labute approximate surface area is 599 Å². The molecule has 9 heteroatoms. The maximum Gasteiger partial charge on any atom is 0.148 e. The van der Waals surface area contributed by atoms with Gasteiger partial charge in [-0.05, 0) is 230 Å². The van der Waals surface area contributed by atoms with Crippen LogP contribution in [0.3, 0.4) is 0 Å². The average molecular weight is 1390 g/mol. The molecule has 0 atom stereocenters. The van der Waals surface area contributed by atoms with Gasteiger partial charge < -0.3 is 29.5 Å². The third kappa shape index (κ3) is 13.8. The largest absolute Gasteiger partial charge is 0.456 e. The lowest BCUT2D eigenvalue weighted by Gasteiger charge is -2.28. The van der Waals surface area contributed by atoms with Crippen LogP contribution in [0.2, 0.25) is 10.0 Å². The number of halogens is 3. The minimum absolute atomic E-state index is 0.147. The summed E-state index contributed by atoms with van der Waals surface area (Å²) in [6, 6.07) is 121. The van der Waals surface area contributed by atoms with Crippen molar-refractivity contribution in [3.05, 3.63) is 389 Å². The van der Waals surface area contributed by atoms with Crippen molar-refractivity contribution in [2.45, 2.75) is 38.5 Å². The fourth-order valence-electron chi connectivity index (χ4n) is 13.4. The molecule has 0 aromatic heterocycles. The zero-order chi connectivity index (χ0) is 67.9. The van der Waals surface area contributed by atoms with Gasteiger partial charge in [-0.2, -0.15) is 0 Å². The first kappa shape index (κ1) is 65.2. The minimum Gasteiger partial charge on any atom is -0.456 e. The highest BCUT2D eigenvalue weighted by molar-refractivity contribution is 9.10. The summed E-state index contributed by atoms with van der Waals surface area (Å²) < 4.78 is 13.6. The van der Waals surface area contributed by atoms with Crippen molar-refractivity contribution in [1.29, 1.82) is 0 Å². The Morgan fingerprint density at radius 3 is 0.970 bits per heavy atom. The Bertz CT molecular complexity index is 4930. The van der Waals surface area contributed by atoms with Gasteiger partial charge in [0.05, 0.1) is 10.7 Å². The molecule has 0 radical (unpaired) electrons. The van der Waals surface area contributed by atoms with E-state index in [2.05, 4.69) is 276 Å². The van der Waals surface area contributed by atoms with Crippen LogP contribution in [0.4, 0.5) is 62.6 Å². The summed E-state index contributed by atoms with van der Waals surface area (Å²) in [5, 5.41) is 4.41. The molecule has 2 aliphatic rings. The highest BCUT2D eigenvalue weighted by atomic mass is 79.9. The summed E-state index contributed by atoms with van der Waals surface area (Å²) in [5.41, 5.74) is 21.5. The smallest absolute Gasteiger partial charge is 0.148 e. The van der Waals surface area contributed by atoms with E-state index >= 15 is 0 Å². The third-order valence-electron chi connectivity index (χ3n) is 18.3. The van der Waals surface area contributed by atoms with Crippen LogP contribution in [0.15, 0.2) is 356 Å². The van der Waals surface area contributed by atoms with Gasteiger partial charge in [0, 0.05) is 72.2 Å². The van der Waals surface area contributed by atoms with Crippen LogP contribution in [0.25, 0.3) is 22.3 Å². The molecule has 0 saturated carbocycles. The van der Waals surface area contributed by atoms with E-state index in [4.69, 9.17) is 32.7 Å². The first-order valence-corrected chi connectivity index (χ1v) is 34.7. The van der Waals surface area contributed by atoms with E-state index in [0.29, 0.717) is 21.5 Å². The standard InChI is InChI=1S/C45H35ClN2O.C33H25BrClNO.C12H11N/c1-45(2)40-29-27-37(49-43-25-15-24-42(44(43)46)48(34-20-11-5-12-21-34)35-22-13-6-14-23-35)31-39(40)38-28-26-36(30-41(38)45)47(32-16-7-3-8-17-32)33-18-9-4-10-19-33;1-33(2)28-19-17-25(37-31-15-9-14-30(34)32(31)35)21-27(28)26-18-16-24(20-29(26)33)36(22-10-5-3-6-11-22)23-12-7-4-8-13-23;1-3-7-11(8-4-1)13-12-9-5-2-6-10-12/h3-31H,1-2H3;3-21H,1-2H3;1-10,13H. The van der Waals surface area contributed by atoms with E-state index < -0.39 is 0 Å². The summed E-state index contributed by atoms with van der Waals surface area (Å²) in [6.07, 6.45) is 0. The van der Waals surface area contributed by atoms with E-state index in [0.717, 1.165) is 78.5 Å². The SMILES string of the molecule is CC1(C)c2ccc(Oc3cccc(Br)c3Cl)cc2-c2ccc(N(c3ccccc3)c3ccccc3)cc21.CC1(C)c2ccc(Oc3cccc(N(c4ccccc4)c4ccccc4)c3Cl)cc2-c2ccc(N(c3ccccc3)c3ccccc3)cc21.c1ccc(Nc2ccccc2)cc1. The monoisotopic (exact) mass is 1390 g/mol. The van der Waals surface area contributed by atoms with Crippen molar-refractivity contribution < 1.29 is 9.47 Å². The van der Waals surface area contributed by atoms with Crippen LogP contribution >= 0.6 is 39.1 Å². The van der Waals surface area contributed by atoms with Gasteiger partial charge in [-0.15, -0.1) is 0 Å². The number of nitrogens with zero attached hydrogens (tertiary/aromatic N) is 3. The number of hydrogen-bond donors (Lipinski definition) is 1. The van der Waals surface area contributed by atoms with Gasteiger partial charge in [0.2, 0.25) is 0 Å². The van der Waals surface area contributed by atoms with Crippen molar-refractivity contribution in [2.24, 2.45) is 0 Å². The van der Waals surface area contributed by atoms with Crippen LogP contribution in [-0.4, -0.2) is 0 Å². The molecule has 0 fully saturated rings. The lowest BCUT2D eigenvalue weighted by Crippen LogP contribution is -2.16. The average Bonchev–Trinajstić information content (AvgIpc) is 1.67. The number of benzene rings is 14. The molecule has 2 aliphatic carbocycles. The second kappa shape index (κ2) is 28.9. The minimum atomic E-state index is -0.193. The van der Waals surface area contributed by atoms with Crippen molar-refractivity contribution in [1.82, 2.24) is 0 Å². The summed E-state index contributed by atoms with van der Waals surface area (Å²) in [4.78, 5) is 6.78. The molecule has 0 saturated heterocycles. The van der Waals surface area contributed by atoms with Gasteiger partial charge >= 0.3 is 0 Å². The Morgan fingerprint density at radius 1 is 0.283 bits per heavy atom. The molecule has 14 aromatic carbocycles. The van der Waals surface area contributed by atoms with Crippen molar-refractivity contribution in [3.63, 3.8) is 0 Å². The highest BCUT2D eigenvalue weighted by Crippen LogP contribution is 2.55. The summed E-state index contributed by atoms with van der Waals surface area (Å²) >= 11 is 17.1. The van der Waals surface area contributed by atoms with Gasteiger partial charge in [-0.25, -0.2) is 0 Å². The summed E-state index contributed by atoms with van der Waals surface area (Å²) in [5.74, 6) is 2.74. The second-order valence-electron chi connectivity index (χ2n) is 25.3. The van der Waals surface area contributed by atoms with Gasteiger partial charge in [0.25, 0.3) is 0 Å². The quantitative estimate of drug-likeness (QED) is 0.110. The van der Waals surface area contributed by atoms with Crippen molar-refractivity contribution >= 4 is 102 Å². The molecule has 0 aliphatic heterocycles. The number of fused-ring (bicyclic) bond motifs is 6. The number of hydrogen-bond acceptors (Lipinski definition) is 6. The molecule has 14 aromatic rings. The zero-order valence-corrected chi connectivity index (χ0v) is 58.4. The topological polar surface area (TPSA) is 40.2 Å². The van der Waals surface area contributed by atoms with E-state index in [1.54, 1.807) is 0 Å². The number of rotatable bonds is 15. The maximum absolute atomic E-state index is 7.17. The van der Waals surface area contributed by atoms with Gasteiger partial charge in [-0.3, -0.25) is 0 Å². The lowest BCUT2D eigenvalue weighted by atomic mass is 9.82. The molecule has 16 rings (SSSR count). The van der Waals surface area contributed by atoms with E-state index in [-0.39, 0.29) is 10.8 Å². The third-order valence-corrected chi connectivity index (χ3v) is 19.9. The molecule has 0 amide bonds. The number of nitrogens with one attached hydrogen (secondary N) is 1. The van der Waals surface area contributed by atoms with Gasteiger partial charge in [-0.1, -0.05) is 233 Å². The number of anilines is 11. The molecule has 6 nitrogen and oxygen atoms in total. The summed E-state index contributed by atoms with van der Waals surface area (Å²) in [6.45, 7) is 9.20. The fourth-order valence-corrected chi connectivity index (χ4v) is 14.2. The van der Waals surface area contributed by atoms with Crippen LogP contribution < -0.4 is 29.5 Å². The molecule has 99 heavy (non-hydrogen) atoms. The first-order valence-electron chi connectivity index (χ1n) is 33.1. The highest BCUT2D eigenvalue weighted by Gasteiger charge is 2.38. The van der Waals surface area contributed by atoms with E-state index in [1.165, 1.54) is 44.5 Å². The Hall–Kier alpha value is -11.1. The fraction of sp³-hybridized carbons (Fsp3) is 0.0667. The Morgan fingerprint density at radius 2 is 0.606 bits per heavy atom.